The third-order valence-electron chi connectivity index (χ3n) is 4.14. The Hall–Kier alpha value is -0.600. The monoisotopic (exact) mass is 283 g/mol. The van der Waals surface area contributed by atoms with E-state index in [1.165, 1.54) is 38.2 Å². The van der Waals surface area contributed by atoms with Crippen LogP contribution in [0, 0.1) is 11.7 Å². The highest BCUT2D eigenvalue weighted by atomic mass is 35.5. The third-order valence-corrected chi connectivity index (χ3v) is 4.56. The van der Waals surface area contributed by atoms with Crippen molar-refractivity contribution >= 4 is 11.6 Å². The third kappa shape index (κ3) is 3.93. The van der Waals surface area contributed by atoms with Gasteiger partial charge in [0, 0.05) is 6.04 Å². The van der Waals surface area contributed by atoms with E-state index in [0.717, 1.165) is 18.5 Å². The lowest BCUT2D eigenvalue weighted by molar-refractivity contribution is 0.337. The van der Waals surface area contributed by atoms with Crippen molar-refractivity contribution in [2.45, 2.75) is 51.5 Å². The predicted octanol–water partition coefficient (Wildman–Crippen LogP) is 4.58. The van der Waals surface area contributed by atoms with Gasteiger partial charge in [0.2, 0.25) is 0 Å². The summed E-state index contributed by atoms with van der Waals surface area (Å²) in [6.07, 6.45) is 7.21. The van der Waals surface area contributed by atoms with Crippen LogP contribution in [-0.4, -0.2) is 12.6 Å². The number of halogens is 2. The summed E-state index contributed by atoms with van der Waals surface area (Å²) in [5.41, 5.74) is 0.955. The molecule has 2 atom stereocenters. The second kappa shape index (κ2) is 7.25. The van der Waals surface area contributed by atoms with Gasteiger partial charge in [-0.1, -0.05) is 49.9 Å². The van der Waals surface area contributed by atoms with E-state index in [9.17, 15) is 4.39 Å². The van der Waals surface area contributed by atoms with Crippen LogP contribution >= 0.6 is 11.6 Å². The highest BCUT2D eigenvalue weighted by Gasteiger charge is 2.24. The van der Waals surface area contributed by atoms with Crippen LogP contribution in [0.5, 0.6) is 0 Å². The Labute approximate surface area is 120 Å². The highest BCUT2D eigenvalue weighted by Crippen LogP contribution is 2.30. The van der Waals surface area contributed by atoms with Crippen LogP contribution in [0.3, 0.4) is 0 Å². The van der Waals surface area contributed by atoms with Crippen LogP contribution in [0.4, 0.5) is 4.39 Å². The molecule has 1 saturated carbocycles. The van der Waals surface area contributed by atoms with Gasteiger partial charge in [-0.25, -0.2) is 4.39 Å². The Balaban J connectivity index is 2.11. The molecule has 0 heterocycles. The minimum atomic E-state index is -0.298. The summed E-state index contributed by atoms with van der Waals surface area (Å²) in [7, 11) is 0. The number of hydrogen-bond donors (Lipinski definition) is 1. The Morgan fingerprint density at radius 1 is 1.26 bits per heavy atom. The molecule has 1 aliphatic carbocycles. The molecule has 2 rings (SSSR count). The van der Waals surface area contributed by atoms with Crippen molar-refractivity contribution in [3.8, 4) is 0 Å². The molecule has 0 bridgehead atoms. The number of rotatable bonds is 4. The van der Waals surface area contributed by atoms with Crippen molar-refractivity contribution in [1.29, 1.82) is 0 Å². The van der Waals surface area contributed by atoms with E-state index in [0.29, 0.717) is 17.0 Å². The number of benzene rings is 1. The van der Waals surface area contributed by atoms with E-state index in [1.54, 1.807) is 6.07 Å². The summed E-state index contributed by atoms with van der Waals surface area (Å²) in [6.45, 7) is 3.15. The fourth-order valence-electron chi connectivity index (χ4n) is 3.15. The Morgan fingerprint density at radius 3 is 2.84 bits per heavy atom. The first-order valence-corrected chi connectivity index (χ1v) is 7.76. The van der Waals surface area contributed by atoms with Gasteiger partial charge in [-0.05, 0) is 43.4 Å². The average molecular weight is 284 g/mol. The second-order valence-corrected chi connectivity index (χ2v) is 5.86. The molecule has 1 aromatic rings. The first-order valence-electron chi connectivity index (χ1n) is 7.38. The van der Waals surface area contributed by atoms with Gasteiger partial charge in [-0.3, -0.25) is 0 Å². The fraction of sp³-hybridized carbons (Fsp3) is 0.625. The summed E-state index contributed by atoms with van der Waals surface area (Å²) in [5.74, 6) is 0.273. The quantitative estimate of drug-likeness (QED) is 0.798. The molecule has 0 aromatic heterocycles. The van der Waals surface area contributed by atoms with Gasteiger partial charge in [0.25, 0.3) is 0 Å². The SMILES string of the molecule is CCNC1CCCCCC1Cc1cccc(F)c1Cl. The van der Waals surface area contributed by atoms with Crippen molar-refractivity contribution in [3.63, 3.8) is 0 Å². The van der Waals surface area contributed by atoms with Gasteiger partial charge in [-0.15, -0.1) is 0 Å². The Bertz CT molecular complexity index is 408. The van der Waals surface area contributed by atoms with Crippen LogP contribution in [0.2, 0.25) is 5.02 Å². The second-order valence-electron chi connectivity index (χ2n) is 5.48. The molecule has 1 aliphatic rings. The molecular formula is C16H23ClFN. The molecule has 0 radical (unpaired) electrons. The van der Waals surface area contributed by atoms with Crippen LogP contribution < -0.4 is 5.32 Å². The smallest absolute Gasteiger partial charge is 0.142 e. The maximum Gasteiger partial charge on any atom is 0.142 e. The van der Waals surface area contributed by atoms with Gasteiger partial charge in [0.05, 0.1) is 5.02 Å². The average Bonchev–Trinajstić information content (AvgIpc) is 2.62. The highest BCUT2D eigenvalue weighted by molar-refractivity contribution is 6.31. The maximum absolute atomic E-state index is 13.5. The molecule has 1 N–H and O–H groups in total. The maximum atomic E-state index is 13.5. The Morgan fingerprint density at radius 2 is 2.05 bits per heavy atom. The van der Waals surface area contributed by atoms with Gasteiger partial charge in [0.1, 0.15) is 5.82 Å². The first kappa shape index (κ1) is 14.8. The first-order chi connectivity index (χ1) is 9.22. The molecule has 1 nitrogen and oxygen atoms in total. The summed E-state index contributed by atoms with van der Waals surface area (Å²) in [4.78, 5) is 0. The van der Waals surface area contributed by atoms with Gasteiger partial charge < -0.3 is 5.32 Å². The van der Waals surface area contributed by atoms with E-state index in [4.69, 9.17) is 11.6 Å². The van der Waals surface area contributed by atoms with Crippen molar-refractivity contribution in [2.75, 3.05) is 6.54 Å². The normalized spacial score (nSPS) is 24.2. The van der Waals surface area contributed by atoms with E-state index >= 15 is 0 Å². The minimum absolute atomic E-state index is 0.298. The van der Waals surface area contributed by atoms with E-state index in [1.807, 2.05) is 6.07 Å². The molecule has 1 aromatic carbocycles. The molecule has 106 valence electrons. The summed E-state index contributed by atoms with van der Waals surface area (Å²) in [5, 5.41) is 3.90. The van der Waals surface area contributed by atoms with Crippen molar-refractivity contribution in [2.24, 2.45) is 5.92 Å². The lowest BCUT2D eigenvalue weighted by Crippen LogP contribution is -2.36. The fourth-order valence-corrected chi connectivity index (χ4v) is 3.35. The molecule has 3 heteroatoms. The van der Waals surface area contributed by atoms with Gasteiger partial charge in [-0.2, -0.15) is 0 Å². The van der Waals surface area contributed by atoms with E-state index in [2.05, 4.69) is 12.2 Å². The minimum Gasteiger partial charge on any atom is -0.314 e. The summed E-state index contributed by atoms with van der Waals surface area (Å²) >= 11 is 6.08. The molecule has 0 spiro atoms. The lowest BCUT2D eigenvalue weighted by Gasteiger charge is -2.26. The molecule has 0 saturated heterocycles. The summed E-state index contributed by atoms with van der Waals surface area (Å²) in [6, 6.07) is 5.70. The van der Waals surface area contributed by atoms with Gasteiger partial charge in [0.15, 0.2) is 0 Å². The number of nitrogens with one attached hydrogen (secondary N) is 1. The van der Waals surface area contributed by atoms with E-state index < -0.39 is 0 Å². The zero-order valence-corrected chi connectivity index (χ0v) is 12.3. The zero-order valence-electron chi connectivity index (χ0n) is 11.6. The number of hydrogen-bond acceptors (Lipinski definition) is 1. The topological polar surface area (TPSA) is 12.0 Å². The van der Waals surface area contributed by atoms with Crippen LogP contribution in [0.15, 0.2) is 18.2 Å². The van der Waals surface area contributed by atoms with E-state index in [-0.39, 0.29) is 5.82 Å². The van der Waals surface area contributed by atoms with Crippen molar-refractivity contribution < 1.29 is 4.39 Å². The summed E-state index contributed by atoms with van der Waals surface area (Å²) < 4.78 is 13.5. The molecule has 0 aliphatic heterocycles. The van der Waals surface area contributed by atoms with Crippen LogP contribution in [-0.2, 0) is 6.42 Å². The van der Waals surface area contributed by atoms with Crippen LogP contribution in [0.25, 0.3) is 0 Å². The van der Waals surface area contributed by atoms with Gasteiger partial charge >= 0.3 is 0 Å². The largest absolute Gasteiger partial charge is 0.314 e. The standard InChI is InChI=1S/C16H23ClFN/c1-2-19-15-10-5-3-4-7-12(15)11-13-8-6-9-14(18)16(13)17/h6,8-9,12,15,19H,2-5,7,10-11H2,1H3. The van der Waals surface area contributed by atoms with Crippen LogP contribution in [0.1, 0.15) is 44.6 Å². The molecule has 2 unspecified atom stereocenters. The molecular weight excluding hydrogens is 261 g/mol. The van der Waals surface area contributed by atoms with Crippen molar-refractivity contribution in [1.82, 2.24) is 5.32 Å². The zero-order chi connectivity index (χ0) is 13.7. The Kier molecular flexibility index (Phi) is 5.65. The molecule has 0 amide bonds. The van der Waals surface area contributed by atoms with Crippen molar-refractivity contribution in [3.05, 3.63) is 34.6 Å². The molecule has 19 heavy (non-hydrogen) atoms. The lowest BCUT2D eigenvalue weighted by atomic mass is 9.88. The predicted molar refractivity (Wildman–Crippen MR) is 79.2 cm³/mol. The molecule has 1 fully saturated rings.